The minimum Gasteiger partial charge on any atom is -0.293 e. The molecule has 6 heteroatoms. The second kappa shape index (κ2) is 7.83. The predicted octanol–water partition coefficient (Wildman–Crippen LogP) is 4.38. The lowest BCUT2D eigenvalue weighted by atomic mass is 10.0. The normalized spacial score (nSPS) is 11.1. The molecule has 0 saturated heterocycles. The number of carbonyl (C=O) groups excluding carboxylic acids is 1. The van der Waals surface area contributed by atoms with E-state index in [2.05, 4.69) is 29.4 Å². The van der Waals surface area contributed by atoms with Crippen LogP contribution in [0.4, 0.5) is 0 Å². The molecule has 0 unspecified atom stereocenters. The van der Waals surface area contributed by atoms with Gasteiger partial charge in [-0.05, 0) is 46.9 Å². The van der Waals surface area contributed by atoms with Crippen LogP contribution in [0.2, 0.25) is 0 Å². The zero-order valence-electron chi connectivity index (χ0n) is 15.4. The van der Waals surface area contributed by atoms with Crippen LogP contribution >= 0.6 is 11.8 Å². The maximum Gasteiger partial charge on any atom is 0.214 e. The van der Waals surface area contributed by atoms with Crippen LogP contribution in [0.25, 0.3) is 5.69 Å². The highest BCUT2D eigenvalue weighted by atomic mass is 32.2. The van der Waals surface area contributed by atoms with Gasteiger partial charge in [-0.25, -0.2) is 0 Å². The number of nitrogens with zero attached hydrogens (tertiary/aromatic N) is 4. The first-order chi connectivity index (χ1) is 12.5. The van der Waals surface area contributed by atoms with Crippen molar-refractivity contribution in [1.29, 1.82) is 0 Å². The van der Waals surface area contributed by atoms with Crippen molar-refractivity contribution in [3.8, 4) is 5.69 Å². The van der Waals surface area contributed by atoms with Gasteiger partial charge < -0.3 is 0 Å². The molecule has 0 fully saturated rings. The Morgan fingerprint density at radius 2 is 1.73 bits per heavy atom. The second-order valence-electron chi connectivity index (χ2n) is 6.60. The molecule has 5 nitrogen and oxygen atoms in total. The summed E-state index contributed by atoms with van der Waals surface area (Å²) in [5.74, 6) is 0.823. The summed E-state index contributed by atoms with van der Waals surface area (Å²) in [6.45, 7) is 8.33. The molecule has 0 aliphatic rings. The molecule has 0 saturated carbocycles. The summed E-state index contributed by atoms with van der Waals surface area (Å²) < 4.78 is 1.71. The average Bonchev–Trinajstić information content (AvgIpc) is 3.08. The number of carbonyl (C=O) groups is 1. The maximum atomic E-state index is 12.5. The van der Waals surface area contributed by atoms with E-state index in [0.717, 1.165) is 16.8 Å². The number of hydrogen-bond donors (Lipinski definition) is 0. The summed E-state index contributed by atoms with van der Waals surface area (Å²) in [5, 5.41) is 12.6. The van der Waals surface area contributed by atoms with E-state index in [-0.39, 0.29) is 5.78 Å². The topological polar surface area (TPSA) is 60.7 Å². The Bertz CT molecular complexity index is 896. The predicted molar refractivity (Wildman–Crippen MR) is 104 cm³/mol. The van der Waals surface area contributed by atoms with Gasteiger partial charge in [-0.2, -0.15) is 4.68 Å². The standard InChI is InChI=1S/C20H22N4OS/c1-13(2)16-8-10-17(11-9-16)18(25)12-26-20-21-22-23-24(20)19-14(3)6-5-7-15(19)4/h5-11,13H,12H2,1-4H3. The molecule has 134 valence electrons. The van der Waals surface area contributed by atoms with Crippen molar-refractivity contribution in [1.82, 2.24) is 20.2 Å². The van der Waals surface area contributed by atoms with Gasteiger partial charge in [0, 0.05) is 5.56 Å². The van der Waals surface area contributed by atoms with Gasteiger partial charge in [0.05, 0.1) is 11.4 Å². The smallest absolute Gasteiger partial charge is 0.214 e. The Balaban J connectivity index is 1.75. The summed E-state index contributed by atoms with van der Waals surface area (Å²) in [7, 11) is 0. The molecule has 0 atom stereocenters. The highest BCUT2D eigenvalue weighted by Crippen LogP contribution is 2.24. The number of ketones is 1. The number of benzene rings is 2. The number of thioether (sulfide) groups is 1. The van der Waals surface area contributed by atoms with Crippen LogP contribution in [-0.4, -0.2) is 31.7 Å². The summed E-state index contributed by atoms with van der Waals surface area (Å²) in [6.07, 6.45) is 0. The van der Waals surface area contributed by atoms with Crippen LogP contribution in [0.1, 0.15) is 46.8 Å². The molecule has 3 rings (SSSR count). The van der Waals surface area contributed by atoms with E-state index >= 15 is 0 Å². The maximum absolute atomic E-state index is 12.5. The minimum absolute atomic E-state index is 0.0707. The number of tetrazole rings is 1. The molecule has 0 aliphatic carbocycles. The summed E-state index contributed by atoms with van der Waals surface area (Å²) in [4.78, 5) is 12.5. The van der Waals surface area contributed by atoms with Gasteiger partial charge >= 0.3 is 0 Å². The van der Waals surface area contributed by atoms with Crippen molar-refractivity contribution in [3.63, 3.8) is 0 Å². The molecule has 0 N–H and O–H groups in total. The molecule has 26 heavy (non-hydrogen) atoms. The zero-order valence-corrected chi connectivity index (χ0v) is 16.2. The number of aromatic nitrogens is 4. The molecule has 0 amide bonds. The van der Waals surface area contributed by atoms with Gasteiger partial charge in [-0.3, -0.25) is 4.79 Å². The van der Waals surface area contributed by atoms with Gasteiger partial charge in [-0.15, -0.1) is 5.10 Å². The molecule has 3 aromatic rings. The Kier molecular flexibility index (Phi) is 5.52. The van der Waals surface area contributed by atoms with Crippen molar-refractivity contribution < 1.29 is 4.79 Å². The van der Waals surface area contributed by atoms with Crippen LogP contribution < -0.4 is 0 Å². The number of aryl methyl sites for hydroxylation is 2. The van der Waals surface area contributed by atoms with Gasteiger partial charge in [-0.1, -0.05) is 68.1 Å². The van der Waals surface area contributed by atoms with E-state index in [4.69, 9.17) is 0 Å². The van der Waals surface area contributed by atoms with E-state index in [9.17, 15) is 4.79 Å². The van der Waals surface area contributed by atoms with Crippen LogP contribution in [0.5, 0.6) is 0 Å². The fourth-order valence-corrected chi connectivity index (χ4v) is 3.59. The minimum atomic E-state index is 0.0707. The summed E-state index contributed by atoms with van der Waals surface area (Å²) in [5.41, 5.74) is 5.10. The SMILES string of the molecule is Cc1cccc(C)c1-n1nnnc1SCC(=O)c1ccc(C(C)C)cc1. The van der Waals surface area contributed by atoms with Gasteiger partial charge in [0.2, 0.25) is 5.16 Å². The van der Waals surface area contributed by atoms with Crippen molar-refractivity contribution in [2.45, 2.75) is 38.8 Å². The van der Waals surface area contributed by atoms with Crippen LogP contribution in [0, 0.1) is 13.8 Å². The lowest BCUT2D eigenvalue weighted by molar-refractivity contribution is 0.102. The molecule has 1 heterocycles. The lowest BCUT2D eigenvalue weighted by Gasteiger charge is -2.10. The van der Waals surface area contributed by atoms with Gasteiger partial charge in [0.1, 0.15) is 0 Å². The average molecular weight is 366 g/mol. The Morgan fingerprint density at radius 3 is 2.35 bits per heavy atom. The molecule has 1 aromatic heterocycles. The Morgan fingerprint density at radius 1 is 1.08 bits per heavy atom. The second-order valence-corrected chi connectivity index (χ2v) is 7.54. The highest BCUT2D eigenvalue weighted by Gasteiger charge is 2.15. The quantitative estimate of drug-likeness (QED) is 0.479. The van der Waals surface area contributed by atoms with E-state index < -0.39 is 0 Å². The zero-order chi connectivity index (χ0) is 18.7. The van der Waals surface area contributed by atoms with Gasteiger partial charge in [0.25, 0.3) is 0 Å². The van der Waals surface area contributed by atoms with Crippen LogP contribution in [0.15, 0.2) is 47.6 Å². The molecular weight excluding hydrogens is 344 g/mol. The Labute approximate surface area is 157 Å². The monoisotopic (exact) mass is 366 g/mol. The van der Waals surface area contributed by atoms with E-state index in [1.54, 1.807) is 4.68 Å². The van der Waals surface area contributed by atoms with E-state index in [1.165, 1.54) is 17.3 Å². The molecule has 2 aromatic carbocycles. The highest BCUT2D eigenvalue weighted by molar-refractivity contribution is 7.99. The third-order valence-electron chi connectivity index (χ3n) is 4.32. The summed E-state index contributed by atoms with van der Waals surface area (Å²) in [6, 6.07) is 13.9. The first-order valence-corrected chi connectivity index (χ1v) is 9.57. The van der Waals surface area contributed by atoms with Crippen molar-refractivity contribution in [2.75, 3.05) is 5.75 Å². The van der Waals surface area contributed by atoms with Gasteiger partial charge in [0.15, 0.2) is 5.78 Å². The Hall–Kier alpha value is -2.47. The summed E-state index contributed by atoms with van der Waals surface area (Å²) >= 11 is 1.36. The first-order valence-electron chi connectivity index (χ1n) is 8.58. The van der Waals surface area contributed by atoms with E-state index in [1.807, 2.05) is 56.3 Å². The lowest BCUT2D eigenvalue weighted by Crippen LogP contribution is -2.07. The number of rotatable bonds is 6. The fraction of sp³-hybridized carbons (Fsp3) is 0.300. The van der Waals surface area contributed by atoms with Crippen molar-refractivity contribution in [3.05, 3.63) is 64.7 Å². The number of para-hydroxylation sites is 1. The van der Waals surface area contributed by atoms with Crippen molar-refractivity contribution >= 4 is 17.5 Å². The molecule has 0 aliphatic heterocycles. The fourth-order valence-electron chi connectivity index (χ4n) is 2.82. The largest absolute Gasteiger partial charge is 0.293 e. The van der Waals surface area contributed by atoms with Crippen LogP contribution in [0.3, 0.4) is 0 Å². The van der Waals surface area contributed by atoms with Crippen LogP contribution in [-0.2, 0) is 0 Å². The third kappa shape index (κ3) is 3.85. The molecule has 0 radical (unpaired) electrons. The third-order valence-corrected chi connectivity index (χ3v) is 5.24. The van der Waals surface area contributed by atoms with Crippen molar-refractivity contribution in [2.24, 2.45) is 0 Å². The van der Waals surface area contributed by atoms with E-state index in [0.29, 0.717) is 22.4 Å². The first kappa shape index (κ1) is 18.3. The number of Topliss-reactive ketones (excluding diaryl/α,β-unsaturated/α-hetero) is 1. The molecule has 0 bridgehead atoms. The molecule has 0 spiro atoms. The number of hydrogen-bond acceptors (Lipinski definition) is 5. The molecular formula is C20H22N4OS.